The Kier molecular flexibility index (Phi) is 7.70. The summed E-state index contributed by atoms with van der Waals surface area (Å²) in [6.07, 6.45) is 0.990. The zero-order valence-corrected chi connectivity index (χ0v) is 17.7. The van der Waals surface area contributed by atoms with Gasteiger partial charge in [-0.05, 0) is 12.8 Å². The van der Waals surface area contributed by atoms with Crippen LogP contribution in [0.4, 0.5) is 0 Å². The average molecular weight is 444 g/mol. The minimum Gasteiger partial charge on any atom is -0.480 e. The van der Waals surface area contributed by atoms with Gasteiger partial charge in [-0.3, -0.25) is 14.4 Å². The molecule has 0 aromatic heterocycles. The molecule has 1 N–H and O–H groups in total. The van der Waals surface area contributed by atoms with Gasteiger partial charge in [-0.25, -0.2) is 4.79 Å². The molecule has 0 radical (unpaired) electrons. The smallest absolute Gasteiger partial charge is 0.326 e. The van der Waals surface area contributed by atoms with Crippen molar-refractivity contribution in [3.63, 3.8) is 0 Å². The number of aliphatic carboxylic acids is 1. The van der Waals surface area contributed by atoms with Crippen LogP contribution < -0.4 is 0 Å². The molecule has 0 bridgehead atoms. The molecule has 30 heavy (non-hydrogen) atoms. The summed E-state index contributed by atoms with van der Waals surface area (Å²) in [5.74, 6) is -1.38. The van der Waals surface area contributed by atoms with Crippen molar-refractivity contribution in [1.82, 2.24) is 4.90 Å². The lowest BCUT2D eigenvalue weighted by molar-refractivity contribution is -0.147. The number of carbonyl (C=O) groups excluding carboxylic acids is 3. The molecule has 1 aliphatic rings. The molecule has 1 unspecified atom stereocenters. The van der Waals surface area contributed by atoms with E-state index in [0.29, 0.717) is 30.5 Å². The largest absolute Gasteiger partial charge is 0.480 e. The first-order chi connectivity index (χ1) is 14.5. The SMILES string of the molecule is O=C(SC[C@@H](SC(=O)c1ccccc1)C(=O)N1CCCC1C(=O)O)c1ccccc1. The maximum atomic E-state index is 13.1. The molecule has 1 amide bonds. The standard InChI is InChI=1S/C22H21NO5S2/c24-19(23-13-7-12-17(23)20(25)26)18(30-22(28)16-10-5-2-6-11-16)14-29-21(27)15-8-3-1-4-9-15/h1-6,8-11,17-18H,7,12-14H2,(H,25,26)/t17?,18-/m1/s1. The van der Waals surface area contributed by atoms with Crippen LogP contribution in [-0.2, 0) is 9.59 Å². The fraction of sp³-hybridized carbons (Fsp3) is 0.273. The predicted octanol–water partition coefficient (Wildman–Crippen LogP) is 3.58. The number of carbonyl (C=O) groups is 4. The molecule has 1 fully saturated rings. The van der Waals surface area contributed by atoms with Crippen LogP contribution in [-0.4, -0.2) is 55.7 Å². The first-order valence-electron chi connectivity index (χ1n) is 9.49. The Morgan fingerprint density at radius 1 is 0.933 bits per heavy atom. The zero-order chi connectivity index (χ0) is 21.5. The minimum absolute atomic E-state index is 0.0820. The van der Waals surface area contributed by atoms with Gasteiger partial charge in [-0.1, -0.05) is 84.2 Å². The second-order valence-electron chi connectivity index (χ2n) is 6.75. The fourth-order valence-corrected chi connectivity index (χ4v) is 5.20. The molecule has 8 heteroatoms. The number of hydrogen-bond acceptors (Lipinski definition) is 6. The summed E-state index contributed by atoms with van der Waals surface area (Å²) in [4.78, 5) is 51.1. The monoisotopic (exact) mass is 443 g/mol. The Hall–Kier alpha value is -2.58. The number of carboxylic acids is 1. The topological polar surface area (TPSA) is 91.8 Å². The quantitative estimate of drug-likeness (QED) is 0.699. The van der Waals surface area contributed by atoms with E-state index in [4.69, 9.17) is 0 Å². The van der Waals surface area contributed by atoms with E-state index in [-0.39, 0.29) is 16.0 Å². The second kappa shape index (κ2) is 10.4. The minimum atomic E-state index is -1.05. The Morgan fingerprint density at radius 3 is 2.07 bits per heavy atom. The van der Waals surface area contributed by atoms with Gasteiger partial charge in [0.25, 0.3) is 0 Å². The molecular formula is C22H21NO5S2. The van der Waals surface area contributed by atoms with Gasteiger partial charge >= 0.3 is 5.97 Å². The van der Waals surface area contributed by atoms with Crippen LogP contribution >= 0.6 is 23.5 Å². The number of rotatable bonds is 7. The average Bonchev–Trinajstić information content (AvgIpc) is 3.27. The molecule has 156 valence electrons. The van der Waals surface area contributed by atoms with Gasteiger partial charge < -0.3 is 10.0 Å². The molecule has 0 saturated carbocycles. The van der Waals surface area contributed by atoms with Crippen molar-refractivity contribution in [2.24, 2.45) is 0 Å². The van der Waals surface area contributed by atoms with E-state index < -0.39 is 23.2 Å². The highest BCUT2D eigenvalue weighted by molar-refractivity contribution is 8.18. The predicted molar refractivity (Wildman–Crippen MR) is 118 cm³/mol. The van der Waals surface area contributed by atoms with Crippen molar-refractivity contribution < 1.29 is 24.3 Å². The number of likely N-dealkylation sites (tertiary alicyclic amines) is 1. The molecule has 1 aliphatic heterocycles. The van der Waals surface area contributed by atoms with E-state index in [1.165, 1.54) is 4.90 Å². The summed E-state index contributed by atoms with van der Waals surface area (Å²) in [6, 6.07) is 16.4. The van der Waals surface area contributed by atoms with Crippen molar-refractivity contribution in [2.75, 3.05) is 12.3 Å². The number of thioether (sulfide) groups is 2. The Morgan fingerprint density at radius 2 is 1.50 bits per heavy atom. The molecule has 3 rings (SSSR count). The van der Waals surface area contributed by atoms with Gasteiger partial charge in [0.05, 0.1) is 0 Å². The van der Waals surface area contributed by atoms with E-state index in [2.05, 4.69) is 0 Å². The van der Waals surface area contributed by atoms with Gasteiger partial charge in [-0.2, -0.15) is 0 Å². The lowest BCUT2D eigenvalue weighted by Crippen LogP contribution is -2.45. The van der Waals surface area contributed by atoms with Gasteiger partial charge in [0.1, 0.15) is 11.3 Å². The number of amides is 1. The lowest BCUT2D eigenvalue weighted by Gasteiger charge is -2.26. The summed E-state index contributed by atoms with van der Waals surface area (Å²) in [7, 11) is 0. The molecule has 0 spiro atoms. The third-order valence-corrected chi connectivity index (χ3v) is 7.04. The Balaban J connectivity index is 1.75. The number of nitrogens with zero attached hydrogens (tertiary/aromatic N) is 1. The van der Waals surface area contributed by atoms with Crippen molar-refractivity contribution in [1.29, 1.82) is 0 Å². The second-order valence-corrected chi connectivity index (χ2v) is 8.92. The summed E-state index contributed by atoms with van der Waals surface area (Å²) in [5, 5.41) is 8.08. The summed E-state index contributed by atoms with van der Waals surface area (Å²) >= 11 is 1.81. The molecule has 0 aliphatic carbocycles. The van der Waals surface area contributed by atoms with E-state index >= 15 is 0 Å². The maximum Gasteiger partial charge on any atom is 0.326 e. The molecule has 2 aromatic carbocycles. The summed E-state index contributed by atoms with van der Waals surface area (Å²) in [5.41, 5.74) is 0.966. The maximum absolute atomic E-state index is 13.1. The molecule has 6 nitrogen and oxygen atoms in total. The van der Waals surface area contributed by atoms with E-state index in [1.54, 1.807) is 54.6 Å². The van der Waals surface area contributed by atoms with Gasteiger partial charge in [-0.15, -0.1) is 0 Å². The van der Waals surface area contributed by atoms with E-state index in [1.807, 2.05) is 6.07 Å². The molecular weight excluding hydrogens is 422 g/mol. The van der Waals surface area contributed by atoms with Crippen LogP contribution in [0.2, 0.25) is 0 Å². The Labute approximate surface area is 183 Å². The van der Waals surface area contributed by atoms with Crippen molar-refractivity contribution in [3.8, 4) is 0 Å². The molecule has 1 saturated heterocycles. The zero-order valence-electron chi connectivity index (χ0n) is 16.1. The lowest BCUT2D eigenvalue weighted by atomic mass is 10.2. The highest BCUT2D eigenvalue weighted by atomic mass is 32.2. The normalized spacial score (nSPS) is 16.8. The van der Waals surface area contributed by atoms with Crippen LogP contribution in [0, 0.1) is 0 Å². The molecule has 2 atom stereocenters. The van der Waals surface area contributed by atoms with E-state index in [0.717, 1.165) is 23.5 Å². The fourth-order valence-electron chi connectivity index (χ4n) is 3.21. The highest BCUT2D eigenvalue weighted by Crippen LogP contribution is 2.28. The van der Waals surface area contributed by atoms with Gasteiger partial charge in [0.15, 0.2) is 0 Å². The Bertz CT molecular complexity index is 920. The van der Waals surface area contributed by atoms with Crippen molar-refractivity contribution >= 4 is 45.6 Å². The van der Waals surface area contributed by atoms with Gasteiger partial charge in [0.2, 0.25) is 16.1 Å². The number of benzene rings is 2. The van der Waals surface area contributed by atoms with Crippen LogP contribution in [0.5, 0.6) is 0 Å². The summed E-state index contributed by atoms with van der Waals surface area (Å²) < 4.78 is 0. The summed E-state index contributed by atoms with van der Waals surface area (Å²) in [6.45, 7) is 0.337. The van der Waals surface area contributed by atoms with Crippen molar-refractivity contribution in [2.45, 2.75) is 24.1 Å². The number of carboxylic acid groups (broad SMARTS) is 1. The van der Waals surface area contributed by atoms with Gasteiger partial charge in [0, 0.05) is 23.4 Å². The van der Waals surface area contributed by atoms with Crippen LogP contribution in [0.25, 0.3) is 0 Å². The van der Waals surface area contributed by atoms with Crippen molar-refractivity contribution in [3.05, 3.63) is 71.8 Å². The van der Waals surface area contributed by atoms with Crippen LogP contribution in [0.3, 0.4) is 0 Å². The third kappa shape index (κ3) is 5.52. The first kappa shape index (κ1) is 22.1. The van der Waals surface area contributed by atoms with E-state index in [9.17, 15) is 24.3 Å². The first-order valence-corrected chi connectivity index (χ1v) is 11.4. The van der Waals surface area contributed by atoms with Crippen LogP contribution in [0.15, 0.2) is 60.7 Å². The number of hydrogen-bond donors (Lipinski definition) is 1. The van der Waals surface area contributed by atoms with Crippen LogP contribution in [0.1, 0.15) is 33.6 Å². The molecule has 1 heterocycles. The molecule has 2 aromatic rings. The third-order valence-electron chi connectivity index (χ3n) is 4.73. The highest BCUT2D eigenvalue weighted by Gasteiger charge is 2.38.